The van der Waals surface area contributed by atoms with Gasteiger partial charge in [-0.3, -0.25) is 14.5 Å². The van der Waals surface area contributed by atoms with Crippen molar-refractivity contribution in [3.05, 3.63) is 53.1 Å². The van der Waals surface area contributed by atoms with Crippen LogP contribution >= 0.6 is 23.4 Å². The first-order valence-corrected chi connectivity index (χ1v) is 10.4. The van der Waals surface area contributed by atoms with Gasteiger partial charge in [0.25, 0.3) is 0 Å². The number of halogens is 1. The smallest absolute Gasteiger partial charge is 0.305 e. The van der Waals surface area contributed by atoms with Crippen LogP contribution in [-0.4, -0.2) is 53.1 Å². The number of methoxy groups -OCH3 is 2. The number of rotatable bonds is 8. The molecule has 0 saturated carbocycles. The van der Waals surface area contributed by atoms with Crippen LogP contribution in [0, 0.1) is 0 Å². The van der Waals surface area contributed by atoms with Crippen LogP contribution in [0.2, 0.25) is 5.02 Å². The molecule has 9 heteroatoms. The molecule has 2 aromatic rings. The van der Waals surface area contributed by atoms with E-state index < -0.39 is 11.2 Å². The lowest BCUT2D eigenvalue weighted by atomic mass is 10.1. The van der Waals surface area contributed by atoms with Crippen LogP contribution in [0.25, 0.3) is 0 Å². The molecule has 0 bridgehead atoms. The summed E-state index contributed by atoms with van der Waals surface area (Å²) in [4.78, 5) is 30.1. The number of carboxylic acids is 1. The van der Waals surface area contributed by atoms with Gasteiger partial charge in [0.05, 0.1) is 26.3 Å². The molecule has 1 saturated heterocycles. The summed E-state index contributed by atoms with van der Waals surface area (Å²) in [7, 11) is 3.13. The van der Waals surface area contributed by atoms with Gasteiger partial charge < -0.3 is 14.6 Å². The van der Waals surface area contributed by atoms with Gasteiger partial charge in [-0.15, -0.1) is 0 Å². The number of nitrogens with zero attached hydrogens (tertiary/aromatic N) is 2. The fourth-order valence-electron chi connectivity index (χ4n) is 2.99. The summed E-state index contributed by atoms with van der Waals surface area (Å²) in [5.41, 5.74) is 1.60. The van der Waals surface area contributed by atoms with Crippen LogP contribution in [0.4, 0.5) is 5.69 Å². The molecule has 0 aliphatic carbocycles. The quantitative estimate of drug-likeness (QED) is 0.656. The number of carboxylic acid groups (broad SMARTS) is 1. The zero-order valence-electron chi connectivity index (χ0n) is 16.5. The number of amides is 1. The summed E-state index contributed by atoms with van der Waals surface area (Å²) in [6, 6.07) is 12.5. The zero-order valence-corrected chi connectivity index (χ0v) is 18.1. The third-order valence-corrected chi connectivity index (χ3v) is 5.93. The maximum absolute atomic E-state index is 12.8. The van der Waals surface area contributed by atoms with Gasteiger partial charge in [0.1, 0.15) is 5.25 Å². The van der Waals surface area contributed by atoms with Crippen LogP contribution in [-0.2, 0) is 16.0 Å². The van der Waals surface area contributed by atoms with Crippen LogP contribution < -0.4 is 9.47 Å². The molecule has 2 aromatic carbocycles. The number of amidine groups is 1. The molecule has 1 N–H and O–H groups in total. The highest BCUT2D eigenvalue weighted by molar-refractivity contribution is 8.15. The summed E-state index contributed by atoms with van der Waals surface area (Å²) in [5.74, 6) is -0.0412. The lowest BCUT2D eigenvalue weighted by Gasteiger charge is -2.17. The largest absolute Gasteiger partial charge is 0.493 e. The monoisotopic (exact) mass is 448 g/mol. The average molecular weight is 449 g/mol. The minimum Gasteiger partial charge on any atom is -0.493 e. The molecule has 30 heavy (non-hydrogen) atoms. The third-order valence-electron chi connectivity index (χ3n) is 4.50. The number of carbonyl (C=O) groups excluding carboxylic acids is 1. The van der Waals surface area contributed by atoms with E-state index in [1.807, 2.05) is 18.2 Å². The van der Waals surface area contributed by atoms with Crippen molar-refractivity contribution < 1.29 is 24.2 Å². The van der Waals surface area contributed by atoms with Crippen LogP contribution in [0.1, 0.15) is 12.0 Å². The lowest BCUT2D eigenvalue weighted by molar-refractivity contribution is -0.139. The van der Waals surface area contributed by atoms with E-state index in [1.54, 1.807) is 43.4 Å². The summed E-state index contributed by atoms with van der Waals surface area (Å²) in [6.45, 7) is 0.365. The highest BCUT2D eigenvalue weighted by atomic mass is 35.5. The molecule has 7 nitrogen and oxygen atoms in total. The van der Waals surface area contributed by atoms with E-state index in [1.165, 1.54) is 11.8 Å². The second-order valence-electron chi connectivity index (χ2n) is 6.50. The summed E-state index contributed by atoms with van der Waals surface area (Å²) in [6.07, 6.45) is 0.294. The maximum Gasteiger partial charge on any atom is 0.305 e. The van der Waals surface area contributed by atoms with Crippen LogP contribution in [0.15, 0.2) is 47.5 Å². The summed E-state index contributed by atoms with van der Waals surface area (Å²) in [5, 5.41) is 9.51. The van der Waals surface area contributed by atoms with Crippen LogP contribution in [0.3, 0.4) is 0 Å². The van der Waals surface area contributed by atoms with Gasteiger partial charge in [-0.25, -0.2) is 4.99 Å². The number of carbonyl (C=O) groups is 2. The summed E-state index contributed by atoms with van der Waals surface area (Å²) >= 11 is 7.09. The Morgan fingerprint density at radius 3 is 2.50 bits per heavy atom. The molecular formula is C21H21ClN2O5S. The van der Waals surface area contributed by atoms with E-state index in [0.29, 0.717) is 40.3 Å². The van der Waals surface area contributed by atoms with Crippen molar-refractivity contribution in [3.63, 3.8) is 0 Å². The first-order chi connectivity index (χ1) is 14.4. The molecule has 1 atom stereocenters. The molecule has 1 aliphatic rings. The van der Waals surface area contributed by atoms with E-state index in [-0.39, 0.29) is 12.3 Å². The molecule has 0 aromatic heterocycles. The van der Waals surface area contributed by atoms with Crippen molar-refractivity contribution in [1.82, 2.24) is 4.90 Å². The first kappa shape index (κ1) is 22.0. The standard InChI is InChI=1S/C21H21ClN2O5S/c1-28-16-8-3-13(11-17(16)29-2)9-10-24-20(27)18(12-19(25)26)30-21(24)23-15-6-4-14(22)5-7-15/h3-8,11,18H,9-10,12H2,1-2H3,(H,25,26). The summed E-state index contributed by atoms with van der Waals surface area (Å²) < 4.78 is 10.6. The van der Waals surface area contributed by atoms with E-state index in [2.05, 4.69) is 4.99 Å². The molecule has 1 unspecified atom stereocenters. The second-order valence-corrected chi connectivity index (χ2v) is 8.11. The van der Waals surface area contributed by atoms with E-state index >= 15 is 0 Å². The SMILES string of the molecule is COc1ccc(CCN2C(=O)C(CC(=O)O)SC2=Nc2ccc(Cl)cc2)cc1OC. The van der Waals surface area contributed by atoms with E-state index in [0.717, 1.165) is 5.56 Å². The average Bonchev–Trinajstić information content (AvgIpc) is 3.01. The van der Waals surface area contributed by atoms with E-state index in [4.69, 9.17) is 26.2 Å². The molecule has 3 rings (SSSR count). The van der Waals surface area contributed by atoms with Crippen molar-refractivity contribution in [1.29, 1.82) is 0 Å². The van der Waals surface area contributed by atoms with Gasteiger partial charge in [0.2, 0.25) is 5.91 Å². The number of ether oxygens (including phenoxy) is 2. The fourth-order valence-corrected chi connectivity index (χ4v) is 4.29. The topological polar surface area (TPSA) is 88.4 Å². The highest BCUT2D eigenvalue weighted by Crippen LogP contribution is 2.33. The molecule has 0 spiro atoms. The number of aliphatic imine (C=N–C) groups is 1. The molecule has 0 radical (unpaired) electrons. The molecule has 1 heterocycles. The number of hydrogen-bond acceptors (Lipinski definition) is 6. The lowest BCUT2D eigenvalue weighted by Crippen LogP contribution is -2.34. The predicted molar refractivity (Wildman–Crippen MR) is 117 cm³/mol. The Bertz CT molecular complexity index is 964. The normalized spacial score (nSPS) is 17.4. The van der Waals surface area contributed by atoms with Gasteiger partial charge in [0.15, 0.2) is 16.7 Å². The minimum atomic E-state index is -1.02. The molecule has 1 amide bonds. The fraction of sp³-hybridized carbons (Fsp3) is 0.286. The van der Waals surface area contributed by atoms with Gasteiger partial charge in [0, 0.05) is 11.6 Å². The zero-order chi connectivity index (χ0) is 21.7. The predicted octanol–water partition coefficient (Wildman–Crippen LogP) is 4.01. The first-order valence-electron chi connectivity index (χ1n) is 9.16. The van der Waals surface area contributed by atoms with E-state index in [9.17, 15) is 9.59 Å². The molecule has 158 valence electrons. The maximum atomic E-state index is 12.8. The van der Waals surface area contributed by atoms with Crippen molar-refractivity contribution in [2.45, 2.75) is 18.1 Å². The Labute approximate surface area is 183 Å². The Morgan fingerprint density at radius 2 is 1.87 bits per heavy atom. The Hall–Kier alpha value is -2.71. The highest BCUT2D eigenvalue weighted by Gasteiger charge is 2.39. The Balaban J connectivity index is 1.82. The third kappa shape index (κ3) is 5.25. The van der Waals surface area contributed by atoms with Crippen molar-refractivity contribution >= 4 is 46.1 Å². The number of benzene rings is 2. The molecule has 1 fully saturated rings. The number of aliphatic carboxylic acids is 1. The Morgan fingerprint density at radius 1 is 1.17 bits per heavy atom. The van der Waals surface area contributed by atoms with Crippen molar-refractivity contribution in [3.8, 4) is 11.5 Å². The van der Waals surface area contributed by atoms with Gasteiger partial charge in [-0.2, -0.15) is 0 Å². The van der Waals surface area contributed by atoms with Crippen molar-refractivity contribution in [2.24, 2.45) is 4.99 Å². The number of thioether (sulfide) groups is 1. The number of hydrogen-bond donors (Lipinski definition) is 1. The Kier molecular flexibility index (Phi) is 7.23. The van der Waals surface area contributed by atoms with Crippen molar-refractivity contribution in [2.75, 3.05) is 20.8 Å². The minimum absolute atomic E-state index is 0.254. The van der Waals surface area contributed by atoms with Crippen LogP contribution in [0.5, 0.6) is 11.5 Å². The van der Waals surface area contributed by atoms with Gasteiger partial charge in [-0.1, -0.05) is 29.4 Å². The van der Waals surface area contributed by atoms with Gasteiger partial charge >= 0.3 is 5.97 Å². The van der Waals surface area contributed by atoms with Gasteiger partial charge in [-0.05, 0) is 48.4 Å². The molecule has 1 aliphatic heterocycles. The second kappa shape index (κ2) is 9.86. The molecular weight excluding hydrogens is 428 g/mol.